The quantitative estimate of drug-likeness (QED) is 0.521. The van der Waals surface area contributed by atoms with Crippen molar-refractivity contribution in [2.75, 3.05) is 32.3 Å². The number of ether oxygens (including phenoxy) is 4. The van der Waals surface area contributed by atoms with Crippen LogP contribution in [-0.2, 0) is 19.1 Å². The van der Waals surface area contributed by atoms with Gasteiger partial charge in [0.25, 0.3) is 5.91 Å². The molecular weight excluding hydrogens is 504 g/mol. The highest BCUT2D eigenvalue weighted by Crippen LogP contribution is 2.51. The smallest absolute Gasteiger partial charge is 0.305 e. The Kier molecular flexibility index (Phi) is 8.06. The Bertz CT molecular complexity index is 1270. The maximum Gasteiger partial charge on any atom is 0.305 e. The van der Waals surface area contributed by atoms with Crippen molar-refractivity contribution in [2.45, 2.75) is 58.8 Å². The van der Waals surface area contributed by atoms with Crippen LogP contribution in [0.5, 0.6) is 17.2 Å². The summed E-state index contributed by atoms with van der Waals surface area (Å²) in [5.41, 5.74) is 2.53. The predicted molar refractivity (Wildman–Crippen MR) is 144 cm³/mol. The molecule has 2 aromatic carbocycles. The number of aliphatic carboxylic acids is 1. The average Bonchev–Trinajstić information content (AvgIpc) is 2.98. The van der Waals surface area contributed by atoms with Gasteiger partial charge in [-0.15, -0.1) is 0 Å². The lowest BCUT2D eigenvalue weighted by Crippen LogP contribution is -2.56. The summed E-state index contributed by atoms with van der Waals surface area (Å²) in [4.78, 5) is 39.8. The lowest BCUT2D eigenvalue weighted by atomic mass is 9.84. The zero-order chi connectivity index (χ0) is 28.5. The Morgan fingerprint density at radius 3 is 2.54 bits per heavy atom. The molecule has 2 aliphatic heterocycles. The Labute approximate surface area is 228 Å². The van der Waals surface area contributed by atoms with Crippen LogP contribution >= 0.6 is 0 Å². The fourth-order valence-corrected chi connectivity index (χ4v) is 5.14. The number of para-hydroxylation sites is 1. The molecule has 2 aliphatic rings. The van der Waals surface area contributed by atoms with E-state index < -0.39 is 24.1 Å². The summed E-state index contributed by atoms with van der Waals surface area (Å²) < 4.78 is 24.0. The largest absolute Gasteiger partial charge is 0.493 e. The number of nitrogens with zero attached hydrogens (tertiary/aromatic N) is 1. The van der Waals surface area contributed by atoms with Crippen molar-refractivity contribution in [2.24, 2.45) is 5.41 Å². The van der Waals surface area contributed by atoms with Crippen molar-refractivity contribution in [3.8, 4) is 17.2 Å². The van der Waals surface area contributed by atoms with E-state index in [0.717, 1.165) is 5.56 Å². The summed E-state index contributed by atoms with van der Waals surface area (Å²) in [6.45, 7) is 8.29. The van der Waals surface area contributed by atoms with Gasteiger partial charge in [0.05, 0.1) is 38.8 Å². The van der Waals surface area contributed by atoms with Gasteiger partial charge >= 0.3 is 5.97 Å². The average molecular weight is 541 g/mol. The molecule has 0 bridgehead atoms. The van der Waals surface area contributed by atoms with E-state index in [-0.39, 0.29) is 43.4 Å². The standard InChI is InChI=1S/C29H36N2O8/c1-16-12-18-25-20(13-16)38-15-22(29(2,3)4)31(25)28(35)21(14-23(32)30-11-10-24(33)34)39-26(18)17-8-7-9-19(36-5)27(17)37-6/h7-9,12-13,21-22,26H,10-11,14-15H2,1-6H3,(H,30,32)(H,33,34)/t21-,22+,26-/m1/s1. The van der Waals surface area contributed by atoms with Crippen LogP contribution in [0, 0.1) is 12.3 Å². The van der Waals surface area contributed by atoms with Crippen LogP contribution in [0.25, 0.3) is 0 Å². The van der Waals surface area contributed by atoms with Gasteiger partial charge in [0.15, 0.2) is 11.5 Å². The van der Waals surface area contributed by atoms with E-state index in [1.54, 1.807) is 18.1 Å². The van der Waals surface area contributed by atoms with Crippen molar-refractivity contribution in [3.63, 3.8) is 0 Å². The number of anilines is 1. The van der Waals surface area contributed by atoms with Gasteiger partial charge in [0, 0.05) is 17.7 Å². The molecule has 10 heteroatoms. The summed E-state index contributed by atoms with van der Waals surface area (Å²) in [5.74, 6) is -0.340. The van der Waals surface area contributed by atoms with Crippen LogP contribution in [-0.4, -0.2) is 62.4 Å². The number of hydrogen-bond acceptors (Lipinski definition) is 7. The second kappa shape index (κ2) is 11.1. The minimum atomic E-state index is -1.15. The number of nitrogens with one attached hydrogen (secondary N) is 1. The van der Waals surface area contributed by atoms with Crippen LogP contribution in [0.15, 0.2) is 30.3 Å². The van der Waals surface area contributed by atoms with Crippen LogP contribution in [0.2, 0.25) is 0 Å². The maximum atomic E-state index is 14.3. The third kappa shape index (κ3) is 5.66. The van der Waals surface area contributed by atoms with E-state index in [1.165, 1.54) is 7.11 Å². The number of carboxylic acid groups (broad SMARTS) is 1. The van der Waals surface area contributed by atoms with Crippen LogP contribution < -0.4 is 24.4 Å². The molecule has 0 unspecified atom stereocenters. The molecule has 0 saturated carbocycles. The van der Waals surface area contributed by atoms with Gasteiger partial charge in [-0.25, -0.2) is 0 Å². The molecule has 2 heterocycles. The monoisotopic (exact) mass is 540 g/mol. The summed E-state index contributed by atoms with van der Waals surface area (Å²) >= 11 is 0. The van der Waals surface area contributed by atoms with Gasteiger partial charge in [-0.05, 0) is 30.0 Å². The second-order valence-corrected chi connectivity index (χ2v) is 10.9. The summed E-state index contributed by atoms with van der Waals surface area (Å²) in [6, 6.07) is 8.97. The first kappa shape index (κ1) is 28.2. The number of amides is 2. The molecule has 10 nitrogen and oxygen atoms in total. The lowest BCUT2D eigenvalue weighted by Gasteiger charge is -2.44. The highest BCUT2D eigenvalue weighted by molar-refractivity contribution is 6.02. The molecule has 0 fully saturated rings. The fourth-order valence-electron chi connectivity index (χ4n) is 5.14. The van der Waals surface area contributed by atoms with Gasteiger partial charge in [0.2, 0.25) is 5.91 Å². The van der Waals surface area contributed by atoms with Crippen molar-refractivity contribution in [3.05, 3.63) is 47.0 Å². The number of rotatable bonds is 8. The van der Waals surface area contributed by atoms with Crippen molar-refractivity contribution < 1.29 is 38.4 Å². The van der Waals surface area contributed by atoms with E-state index in [1.807, 2.05) is 52.0 Å². The molecule has 39 heavy (non-hydrogen) atoms. The number of methoxy groups -OCH3 is 2. The zero-order valence-corrected chi connectivity index (χ0v) is 23.2. The number of benzene rings is 2. The third-order valence-corrected chi connectivity index (χ3v) is 7.04. The molecule has 0 radical (unpaired) electrons. The Morgan fingerprint density at radius 2 is 1.90 bits per heavy atom. The number of carbonyl (C=O) groups is 3. The van der Waals surface area contributed by atoms with Gasteiger partial charge in [0.1, 0.15) is 24.6 Å². The number of carboxylic acids is 1. The molecule has 4 rings (SSSR count). The van der Waals surface area contributed by atoms with Crippen molar-refractivity contribution >= 4 is 23.5 Å². The molecule has 2 amide bonds. The van der Waals surface area contributed by atoms with E-state index in [4.69, 9.17) is 24.1 Å². The van der Waals surface area contributed by atoms with E-state index >= 15 is 0 Å². The molecule has 2 N–H and O–H groups in total. The molecule has 0 aliphatic carbocycles. The molecule has 210 valence electrons. The second-order valence-electron chi connectivity index (χ2n) is 10.9. The molecular formula is C29H36N2O8. The van der Waals surface area contributed by atoms with Crippen molar-refractivity contribution in [1.29, 1.82) is 0 Å². The molecule has 2 aromatic rings. The third-order valence-electron chi connectivity index (χ3n) is 7.04. The lowest BCUT2D eigenvalue weighted by molar-refractivity contribution is -0.139. The highest BCUT2D eigenvalue weighted by atomic mass is 16.5. The first-order valence-corrected chi connectivity index (χ1v) is 12.9. The summed E-state index contributed by atoms with van der Waals surface area (Å²) in [7, 11) is 3.08. The Balaban J connectivity index is 1.88. The Morgan fingerprint density at radius 1 is 1.15 bits per heavy atom. The minimum absolute atomic E-state index is 0.0477. The number of aryl methyl sites for hydroxylation is 1. The SMILES string of the molecule is COc1cccc([C@H]2O[C@H](CC(=O)NCCC(=O)O)C(=O)N3c4c(cc(C)cc42)OC[C@H]3C(C)(C)C)c1OC. The summed E-state index contributed by atoms with van der Waals surface area (Å²) in [5, 5.41) is 11.5. The predicted octanol–water partition coefficient (Wildman–Crippen LogP) is 3.62. The van der Waals surface area contributed by atoms with E-state index in [9.17, 15) is 14.4 Å². The van der Waals surface area contributed by atoms with Gasteiger partial charge in [-0.2, -0.15) is 0 Å². The first-order chi connectivity index (χ1) is 18.5. The fraction of sp³-hybridized carbons (Fsp3) is 0.483. The van der Waals surface area contributed by atoms with Crippen molar-refractivity contribution in [1.82, 2.24) is 5.32 Å². The topological polar surface area (TPSA) is 124 Å². The van der Waals surface area contributed by atoms with Gasteiger partial charge < -0.3 is 29.4 Å². The number of carbonyl (C=O) groups excluding carboxylic acids is 2. The highest BCUT2D eigenvalue weighted by Gasteiger charge is 2.47. The Hall–Kier alpha value is -3.79. The first-order valence-electron chi connectivity index (χ1n) is 12.9. The van der Waals surface area contributed by atoms with E-state index in [0.29, 0.717) is 34.1 Å². The molecule has 0 spiro atoms. The maximum absolute atomic E-state index is 14.3. The van der Waals surface area contributed by atoms with E-state index in [2.05, 4.69) is 5.32 Å². The zero-order valence-electron chi connectivity index (χ0n) is 23.2. The minimum Gasteiger partial charge on any atom is -0.493 e. The normalized spacial score (nSPS) is 20.4. The molecule has 0 saturated heterocycles. The molecule has 0 aromatic heterocycles. The van der Waals surface area contributed by atoms with Gasteiger partial charge in [-0.3, -0.25) is 19.3 Å². The summed E-state index contributed by atoms with van der Waals surface area (Å²) in [6.07, 6.45) is -2.45. The van der Waals surface area contributed by atoms with Crippen LogP contribution in [0.1, 0.15) is 56.4 Å². The molecule has 3 atom stereocenters. The van der Waals surface area contributed by atoms with Crippen LogP contribution in [0.4, 0.5) is 5.69 Å². The van der Waals surface area contributed by atoms with Crippen LogP contribution in [0.3, 0.4) is 0 Å². The number of hydrogen-bond donors (Lipinski definition) is 2. The van der Waals surface area contributed by atoms with Gasteiger partial charge in [-0.1, -0.05) is 39.0 Å².